The number of benzene rings is 1. The highest BCUT2D eigenvalue weighted by atomic mass is 19.1. The Balaban J connectivity index is 2.55. The molecule has 0 aliphatic rings. The zero-order valence-electron chi connectivity index (χ0n) is 10.2. The number of nitrogens with zero attached hydrogens (tertiary/aromatic N) is 1. The van der Waals surface area contributed by atoms with Gasteiger partial charge in [0.1, 0.15) is 5.67 Å². The zero-order valence-corrected chi connectivity index (χ0v) is 10.2. The van der Waals surface area contributed by atoms with Gasteiger partial charge in [0.25, 0.3) is 0 Å². The molecule has 1 aromatic heterocycles. The molecule has 1 aromatic carbocycles. The van der Waals surface area contributed by atoms with Gasteiger partial charge in [0.05, 0.1) is 5.52 Å². The van der Waals surface area contributed by atoms with Crippen LogP contribution in [0.5, 0.6) is 0 Å². The first-order chi connectivity index (χ1) is 8.09. The molecule has 3 heteroatoms. The molecular weight excluding hydrogens is 215 g/mol. The van der Waals surface area contributed by atoms with Crippen LogP contribution in [0, 0.1) is 6.92 Å². The van der Waals surface area contributed by atoms with Crippen LogP contribution in [0.1, 0.15) is 24.6 Å². The van der Waals surface area contributed by atoms with E-state index >= 15 is 0 Å². The third kappa shape index (κ3) is 2.15. The predicted octanol–water partition coefficient (Wildman–Crippen LogP) is 3.08. The second kappa shape index (κ2) is 4.41. The van der Waals surface area contributed by atoms with E-state index in [1.807, 2.05) is 38.1 Å². The molecule has 2 N–H and O–H groups in total. The van der Waals surface area contributed by atoms with Crippen molar-refractivity contribution in [3.63, 3.8) is 0 Å². The largest absolute Gasteiger partial charge is 0.327 e. The van der Waals surface area contributed by atoms with Gasteiger partial charge in [-0.3, -0.25) is 4.98 Å². The highest BCUT2D eigenvalue weighted by Crippen LogP contribution is 2.30. The van der Waals surface area contributed by atoms with E-state index in [9.17, 15) is 4.39 Å². The Kier molecular flexibility index (Phi) is 3.11. The van der Waals surface area contributed by atoms with Gasteiger partial charge >= 0.3 is 0 Å². The van der Waals surface area contributed by atoms with Crippen molar-refractivity contribution in [3.05, 3.63) is 41.6 Å². The highest BCUT2D eigenvalue weighted by molar-refractivity contribution is 5.79. The molecule has 0 aliphatic heterocycles. The van der Waals surface area contributed by atoms with Crippen molar-refractivity contribution in [2.45, 2.75) is 25.9 Å². The van der Waals surface area contributed by atoms with Gasteiger partial charge in [-0.25, -0.2) is 4.39 Å². The number of pyridine rings is 1. The number of nitrogens with two attached hydrogens (primary N) is 1. The Morgan fingerprint density at radius 1 is 1.29 bits per heavy atom. The third-order valence-corrected chi connectivity index (χ3v) is 3.23. The van der Waals surface area contributed by atoms with E-state index in [1.54, 1.807) is 6.07 Å². The number of halogens is 1. The van der Waals surface area contributed by atoms with Crippen LogP contribution in [-0.4, -0.2) is 11.5 Å². The maximum absolute atomic E-state index is 14.4. The van der Waals surface area contributed by atoms with Crippen LogP contribution in [0.2, 0.25) is 0 Å². The van der Waals surface area contributed by atoms with Crippen LogP contribution in [0.25, 0.3) is 10.9 Å². The molecule has 1 atom stereocenters. The van der Waals surface area contributed by atoms with Crippen LogP contribution in [-0.2, 0) is 5.67 Å². The molecular formula is C14H17FN2. The molecule has 1 heterocycles. The zero-order chi connectivity index (χ0) is 12.5. The lowest BCUT2D eigenvalue weighted by atomic mass is 9.92. The summed E-state index contributed by atoms with van der Waals surface area (Å²) in [6.07, 6.45) is 0.383. The fraction of sp³-hybridized carbons (Fsp3) is 0.357. The average Bonchev–Trinajstić information content (AvgIpc) is 2.37. The number of hydrogen-bond donors (Lipinski definition) is 1. The quantitative estimate of drug-likeness (QED) is 0.883. The molecule has 0 spiro atoms. The second-order valence-corrected chi connectivity index (χ2v) is 4.38. The Labute approximate surface area is 101 Å². The Morgan fingerprint density at radius 2 is 2.06 bits per heavy atom. The number of aryl methyl sites for hydroxylation is 1. The van der Waals surface area contributed by atoms with Crippen molar-refractivity contribution in [2.75, 3.05) is 6.54 Å². The number of alkyl halides is 1. The van der Waals surface area contributed by atoms with Crippen LogP contribution >= 0.6 is 0 Å². The van der Waals surface area contributed by atoms with Gasteiger partial charge in [-0.05, 0) is 37.1 Å². The molecule has 1 unspecified atom stereocenters. The topological polar surface area (TPSA) is 38.9 Å². The average molecular weight is 232 g/mol. The first-order valence-electron chi connectivity index (χ1n) is 5.86. The van der Waals surface area contributed by atoms with Crippen molar-refractivity contribution < 1.29 is 4.39 Å². The maximum Gasteiger partial charge on any atom is 0.147 e. The molecule has 0 saturated carbocycles. The lowest BCUT2D eigenvalue weighted by Crippen LogP contribution is -2.29. The lowest BCUT2D eigenvalue weighted by Gasteiger charge is -2.22. The number of hydrogen-bond acceptors (Lipinski definition) is 2. The molecule has 0 amide bonds. The van der Waals surface area contributed by atoms with Crippen LogP contribution in [0.4, 0.5) is 4.39 Å². The van der Waals surface area contributed by atoms with Crippen molar-refractivity contribution in [1.82, 2.24) is 4.98 Å². The molecule has 2 aromatic rings. The minimum absolute atomic E-state index is 0.00823. The molecule has 17 heavy (non-hydrogen) atoms. The lowest BCUT2D eigenvalue weighted by molar-refractivity contribution is 0.169. The van der Waals surface area contributed by atoms with E-state index < -0.39 is 5.67 Å². The van der Waals surface area contributed by atoms with Crippen LogP contribution in [0.3, 0.4) is 0 Å². The molecule has 90 valence electrons. The fourth-order valence-electron chi connectivity index (χ4n) is 1.97. The van der Waals surface area contributed by atoms with Gasteiger partial charge in [0, 0.05) is 17.6 Å². The standard InChI is InChI=1S/C14H17FN2/c1-3-14(15,9-16)12-6-7-13-11(8-12)5-4-10(2)17-13/h4-8H,3,9,16H2,1-2H3. The van der Waals surface area contributed by atoms with Crippen molar-refractivity contribution in [3.8, 4) is 0 Å². The van der Waals surface area contributed by atoms with E-state index in [1.165, 1.54) is 0 Å². The predicted molar refractivity (Wildman–Crippen MR) is 68.6 cm³/mol. The minimum Gasteiger partial charge on any atom is -0.327 e. The number of aromatic nitrogens is 1. The number of rotatable bonds is 3. The van der Waals surface area contributed by atoms with Gasteiger partial charge in [-0.15, -0.1) is 0 Å². The summed E-state index contributed by atoms with van der Waals surface area (Å²) in [5.74, 6) is 0. The van der Waals surface area contributed by atoms with Gasteiger partial charge < -0.3 is 5.73 Å². The van der Waals surface area contributed by atoms with E-state index in [-0.39, 0.29) is 6.54 Å². The molecule has 0 radical (unpaired) electrons. The van der Waals surface area contributed by atoms with E-state index in [0.29, 0.717) is 12.0 Å². The Bertz CT molecular complexity index is 533. The summed E-state index contributed by atoms with van der Waals surface area (Å²) in [6, 6.07) is 9.38. The normalized spacial score (nSPS) is 14.8. The molecule has 0 bridgehead atoms. The Morgan fingerprint density at radius 3 is 2.71 bits per heavy atom. The summed E-state index contributed by atoms with van der Waals surface area (Å²) in [5.41, 5.74) is 6.59. The Hall–Kier alpha value is -1.48. The van der Waals surface area contributed by atoms with Gasteiger partial charge in [0.15, 0.2) is 0 Å². The molecule has 2 rings (SSSR count). The summed E-state index contributed by atoms with van der Waals surface area (Å²) in [7, 11) is 0. The summed E-state index contributed by atoms with van der Waals surface area (Å²) in [4.78, 5) is 4.40. The highest BCUT2D eigenvalue weighted by Gasteiger charge is 2.28. The van der Waals surface area contributed by atoms with Crippen molar-refractivity contribution in [2.24, 2.45) is 5.73 Å². The first kappa shape index (κ1) is 12.0. The fourth-order valence-corrected chi connectivity index (χ4v) is 1.97. The number of fused-ring (bicyclic) bond motifs is 1. The van der Waals surface area contributed by atoms with Gasteiger partial charge in [-0.2, -0.15) is 0 Å². The van der Waals surface area contributed by atoms with Gasteiger partial charge in [-0.1, -0.05) is 19.1 Å². The minimum atomic E-state index is -1.43. The SMILES string of the molecule is CCC(F)(CN)c1ccc2nc(C)ccc2c1. The van der Waals surface area contributed by atoms with E-state index in [4.69, 9.17) is 5.73 Å². The van der Waals surface area contributed by atoms with E-state index in [2.05, 4.69) is 4.98 Å². The molecule has 0 fully saturated rings. The first-order valence-corrected chi connectivity index (χ1v) is 5.86. The second-order valence-electron chi connectivity index (χ2n) is 4.38. The molecule has 0 aliphatic carbocycles. The summed E-state index contributed by atoms with van der Waals surface area (Å²) in [6.45, 7) is 3.76. The summed E-state index contributed by atoms with van der Waals surface area (Å²) in [5, 5.41) is 0.956. The maximum atomic E-state index is 14.4. The summed E-state index contributed by atoms with van der Waals surface area (Å²) < 4.78 is 14.4. The van der Waals surface area contributed by atoms with Crippen LogP contribution < -0.4 is 5.73 Å². The van der Waals surface area contributed by atoms with Crippen LogP contribution in [0.15, 0.2) is 30.3 Å². The van der Waals surface area contributed by atoms with Gasteiger partial charge in [0.2, 0.25) is 0 Å². The van der Waals surface area contributed by atoms with Crippen molar-refractivity contribution in [1.29, 1.82) is 0 Å². The third-order valence-electron chi connectivity index (χ3n) is 3.23. The monoisotopic (exact) mass is 232 g/mol. The summed E-state index contributed by atoms with van der Waals surface area (Å²) >= 11 is 0. The smallest absolute Gasteiger partial charge is 0.147 e. The molecule has 0 saturated heterocycles. The molecule has 2 nitrogen and oxygen atoms in total. The van der Waals surface area contributed by atoms with Crippen molar-refractivity contribution >= 4 is 10.9 Å². The van der Waals surface area contributed by atoms with E-state index in [0.717, 1.165) is 16.6 Å².